The molecule has 1 aromatic heterocycles. The maximum Gasteiger partial charge on any atom is 0.320 e. The van der Waals surface area contributed by atoms with Crippen molar-refractivity contribution < 1.29 is 14.3 Å². The van der Waals surface area contributed by atoms with Gasteiger partial charge in [-0.25, -0.2) is 0 Å². The van der Waals surface area contributed by atoms with E-state index in [1.807, 2.05) is 0 Å². The molecule has 0 aromatic carbocycles. The highest BCUT2D eigenvalue weighted by Gasteiger charge is 2.31. The van der Waals surface area contributed by atoms with Gasteiger partial charge in [-0.15, -0.1) is 23.1 Å². The summed E-state index contributed by atoms with van der Waals surface area (Å²) in [6.45, 7) is 3.43. The van der Waals surface area contributed by atoms with Crippen molar-refractivity contribution in [2.24, 2.45) is 5.92 Å². The Morgan fingerprint density at radius 1 is 1.41 bits per heavy atom. The minimum absolute atomic E-state index is 0.0706. The van der Waals surface area contributed by atoms with Gasteiger partial charge in [0.05, 0.1) is 12.0 Å². The standard InChI is InChI=1S/C16H21NO3S2/c1-10-3-4-12-11(7-10)8-13(22-12)15(18)17-5-6-21-14(9-17)16(19)20-2/h8,10,14H,3-7,9H2,1-2H3/t10-,14-/m1/s1. The van der Waals surface area contributed by atoms with Gasteiger partial charge in [-0.2, -0.15) is 0 Å². The average molecular weight is 339 g/mol. The maximum absolute atomic E-state index is 12.7. The first kappa shape index (κ1) is 15.9. The number of rotatable bonds is 2. The van der Waals surface area contributed by atoms with Crippen molar-refractivity contribution >= 4 is 35.0 Å². The zero-order valence-corrected chi connectivity index (χ0v) is 14.6. The monoisotopic (exact) mass is 339 g/mol. The van der Waals surface area contributed by atoms with Crippen molar-refractivity contribution in [2.75, 3.05) is 26.0 Å². The first-order valence-corrected chi connectivity index (χ1v) is 9.55. The Kier molecular flexibility index (Phi) is 4.78. The molecule has 0 N–H and O–H groups in total. The Hall–Kier alpha value is -1.01. The number of methoxy groups -OCH3 is 1. The number of esters is 1. The fraction of sp³-hybridized carbons (Fsp3) is 0.625. The van der Waals surface area contributed by atoms with Crippen molar-refractivity contribution in [1.82, 2.24) is 4.90 Å². The summed E-state index contributed by atoms with van der Waals surface area (Å²) in [7, 11) is 1.40. The highest BCUT2D eigenvalue weighted by molar-refractivity contribution is 8.00. The molecule has 1 fully saturated rings. The minimum Gasteiger partial charge on any atom is -0.468 e. The summed E-state index contributed by atoms with van der Waals surface area (Å²) in [6.07, 6.45) is 3.39. The third-order valence-corrected chi connectivity index (χ3v) is 6.74. The van der Waals surface area contributed by atoms with Crippen LogP contribution in [-0.2, 0) is 22.4 Å². The lowest BCUT2D eigenvalue weighted by Gasteiger charge is -2.30. The van der Waals surface area contributed by atoms with E-state index in [0.717, 1.165) is 23.5 Å². The number of carbonyl (C=O) groups is 2. The normalized spacial score (nSPS) is 24.7. The van der Waals surface area contributed by atoms with Crippen LogP contribution in [0.4, 0.5) is 0 Å². The molecule has 4 nitrogen and oxygen atoms in total. The van der Waals surface area contributed by atoms with Crippen LogP contribution in [0.1, 0.15) is 33.5 Å². The number of amides is 1. The van der Waals surface area contributed by atoms with Gasteiger partial charge in [0.15, 0.2) is 0 Å². The van der Waals surface area contributed by atoms with Gasteiger partial charge in [-0.1, -0.05) is 6.92 Å². The number of fused-ring (bicyclic) bond motifs is 1. The fourth-order valence-electron chi connectivity index (χ4n) is 3.07. The van der Waals surface area contributed by atoms with Crippen molar-refractivity contribution in [2.45, 2.75) is 31.4 Å². The second-order valence-electron chi connectivity index (χ2n) is 6.04. The number of thioether (sulfide) groups is 1. The third kappa shape index (κ3) is 3.18. The lowest BCUT2D eigenvalue weighted by atomic mass is 9.90. The van der Waals surface area contributed by atoms with Crippen LogP contribution in [0, 0.1) is 5.92 Å². The summed E-state index contributed by atoms with van der Waals surface area (Å²) in [5, 5.41) is -0.252. The first-order valence-electron chi connectivity index (χ1n) is 7.68. The molecule has 1 amide bonds. The number of aryl methyl sites for hydroxylation is 1. The van der Waals surface area contributed by atoms with Gasteiger partial charge in [0.2, 0.25) is 0 Å². The van der Waals surface area contributed by atoms with Crippen molar-refractivity contribution in [3.8, 4) is 0 Å². The van der Waals surface area contributed by atoms with E-state index < -0.39 is 0 Å². The molecule has 1 aliphatic heterocycles. The van der Waals surface area contributed by atoms with Gasteiger partial charge in [-0.05, 0) is 36.8 Å². The van der Waals surface area contributed by atoms with E-state index in [1.54, 1.807) is 28.0 Å². The second-order valence-corrected chi connectivity index (χ2v) is 8.49. The molecular formula is C16H21NO3S2. The van der Waals surface area contributed by atoms with E-state index in [4.69, 9.17) is 4.74 Å². The van der Waals surface area contributed by atoms with Gasteiger partial charge < -0.3 is 9.64 Å². The molecular weight excluding hydrogens is 318 g/mol. The Balaban J connectivity index is 1.72. The summed E-state index contributed by atoms with van der Waals surface area (Å²) in [5.41, 5.74) is 1.35. The fourth-order valence-corrected chi connectivity index (χ4v) is 5.38. The number of ether oxygens (including phenoxy) is 1. The molecule has 1 saturated heterocycles. The van der Waals surface area contributed by atoms with Crippen LogP contribution in [0.3, 0.4) is 0 Å². The minimum atomic E-state index is -0.252. The summed E-state index contributed by atoms with van der Waals surface area (Å²) in [6, 6.07) is 2.08. The SMILES string of the molecule is COC(=O)[C@H]1CN(C(=O)c2cc3c(s2)CC[C@@H](C)C3)CCS1. The highest BCUT2D eigenvalue weighted by Crippen LogP contribution is 2.33. The van der Waals surface area contributed by atoms with E-state index in [2.05, 4.69) is 13.0 Å². The summed E-state index contributed by atoms with van der Waals surface area (Å²) in [5.74, 6) is 1.33. The van der Waals surface area contributed by atoms with Gasteiger partial charge in [0, 0.05) is 23.7 Å². The average Bonchev–Trinajstić information content (AvgIpc) is 2.96. The number of carbonyl (C=O) groups excluding carboxylic acids is 2. The van der Waals surface area contributed by atoms with Crippen LogP contribution in [0.25, 0.3) is 0 Å². The van der Waals surface area contributed by atoms with E-state index in [0.29, 0.717) is 19.0 Å². The van der Waals surface area contributed by atoms with Crippen molar-refractivity contribution in [1.29, 1.82) is 0 Å². The third-order valence-electron chi connectivity index (χ3n) is 4.36. The van der Waals surface area contributed by atoms with E-state index in [1.165, 1.54) is 24.0 Å². The van der Waals surface area contributed by atoms with E-state index in [9.17, 15) is 9.59 Å². The molecule has 0 spiro atoms. The zero-order valence-electron chi connectivity index (χ0n) is 13.0. The van der Waals surface area contributed by atoms with Crippen LogP contribution < -0.4 is 0 Å². The number of hydrogen-bond acceptors (Lipinski definition) is 5. The highest BCUT2D eigenvalue weighted by atomic mass is 32.2. The molecule has 120 valence electrons. The lowest BCUT2D eigenvalue weighted by molar-refractivity contribution is -0.140. The molecule has 6 heteroatoms. The Morgan fingerprint density at radius 2 is 2.23 bits per heavy atom. The second kappa shape index (κ2) is 6.62. The first-order chi connectivity index (χ1) is 10.6. The zero-order chi connectivity index (χ0) is 15.7. The molecule has 0 radical (unpaired) electrons. The van der Waals surface area contributed by atoms with Crippen LogP contribution in [-0.4, -0.2) is 48.0 Å². The largest absolute Gasteiger partial charge is 0.468 e. The molecule has 2 atom stereocenters. The van der Waals surface area contributed by atoms with Gasteiger partial charge in [-0.3, -0.25) is 9.59 Å². The van der Waals surface area contributed by atoms with Gasteiger partial charge >= 0.3 is 5.97 Å². The smallest absolute Gasteiger partial charge is 0.320 e. The summed E-state index contributed by atoms with van der Waals surface area (Å²) in [4.78, 5) is 28.4. The van der Waals surface area contributed by atoms with Crippen LogP contribution in [0.2, 0.25) is 0 Å². The maximum atomic E-state index is 12.7. The summed E-state index contributed by atoms with van der Waals surface area (Å²) >= 11 is 3.22. The van der Waals surface area contributed by atoms with Crippen LogP contribution in [0.15, 0.2) is 6.07 Å². The van der Waals surface area contributed by atoms with Gasteiger partial charge in [0.1, 0.15) is 5.25 Å². The predicted molar refractivity (Wildman–Crippen MR) is 89.7 cm³/mol. The van der Waals surface area contributed by atoms with E-state index in [-0.39, 0.29) is 17.1 Å². The molecule has 22 heavy (non-hydrogen) atoms. The Bertz CT molecular complexity index is 584. The molecule has 3 rings (SSSR count). The van der Waals surface area contributed by atoms with Crippen LogP contribution >= 0.6 is 23.1 Å². The quantitative estimate of drug-likeness (QED) is 0.777. The van der Waals surface area contributed by atoms with E-state index >= 15 is 0 Å². The van der Waals surface area contributed by atoms with Crippen molar-refractivity contribution in [3.05, 3.63) is 21.4 Å². The molecule has 2 aliphatic rings. The molecule has 1 aromatic rings. The molecule has 0 bridgehead atoms. The number of nitrogens with zero attached hydrogens (tertiary/aromatic N) is 1. The molecule has 2 heterocycles. The number of hydrogen-bond donors (Lipinski definition) is 0. The molecule has 0 unspecified atom stereocenters. The van der Waals surface area contributed by atoms with Gasteiger partial charge in [0.25, 0.3) is 5.91 Å². The predicted octanol–water partition coefficient (Wildman–Crippen LogP) is 2.60. The summed E-state index contributed by atoms with van der Waals surface area (Å²) < 4.78 is 4.81. The topological polar surface area (TPSA) is 46.6 Å². The Labute approximate surface area is 139 Å². The lowest BCUT2D eigenvalue weighted by Crippen LogP contribution is -2.44. The van der Waals surface area contributed by atoms with Crippen LogP contribution in [0.5, 0.6) is 0 Å². The Morgan fingerprint density at radius 3 is 3.00 bits per heavy atom. The molecule has 1 aliphatic carbocycles. The molecule has 0 saturated carbocycles. The van der Waals surface area contributed by atoms with Crippen molar-refractivity contribution in [3.63, 3.8) is 0 Å². The number of thiophene rings is 1.